The number of ether oxygens (including phenoxy) is 1. The van der Waals surface area contributed by atoms with Gasteiger partial charge in [-0.05, 0) is 37.5 Å². The normalized spacial score (nSPS) is 10.5. The van der Waals surface area contributed by atoms with Gasteiger partial charge >= 0.3 is 5.97 Å². The summed E-state index contributed by atoms with van der Waals surface area (Å²) in [7, 11) is 0. The second-order valence-electron chi connectivity index (χ2n) is 8.22. The van der Waals surface area contributed by atoms with Crippen molar-refractivity contribution in [2.75, 3.05) is 6.61 Å². The zero-order valence-corrected chi connectivity index (χ0v) is 23.7. The number of nitrogens with zero attached hydrogens (tertiary/aromatic N) is 1. The number of carbonyl (C=O) groups excluding carboxylic acids is 2. The van der Waals surface area contributed by atoms with E-state index in [0.717, 1.165) is 21.2 Å². The summed E-state index contributed by atoms with van der Waals surface area (Å²) in [6.45, 7) is 6.24. The van der Waals surface area contributed by atoms with Crippen LogP contribution < -0.4 is 21.5 Å². The Kier molecular flexibility index (Phi) is 10.0. The molecule has 0 unspecified atom stereocenters. The standard InChI is InChI=1S/C29H28NO3S2.BrH/c1-4-33-25(31)18-24-26(30-16-14-20(2)15-17-30)29(34-19-23-13-9-8-10-21(23)3)35-28(24)27(32)22-11-6-5-7-12-22;/h5-17H,4,18-19H2,1-3H3;1H/q+1;/p-1. The second-order valence-corrected chi connectivity index (χ2v) is 10.5. The van der Waals surface area contributed by atoms with Gasteiger partial charge < -0.3 is 21.7 Å². The fourth-order valence-electron chi connectivity index (χ4n) is 3.78. The van der Waals surface area contributed by atoms with Crippen molar-refractivity contribution in [3.05, 3.63) is 112 Å². The van der Waals surface area contributed by atoms with Gasteiger partial charge in [0.25, 0.3) is 0 Å². The summed E-state index contributed by atoms with van der Waals surface area (Å²) in [5.74, 6) is 0.355. The first-order valence-corrected chi connectivity index (χ1v) is 13.3. The highest BCUT2D eigenvalue weighted by molar-refractivity contribution is 8.00. The zero-order valence-electron chi connectivity index (χ0n) is 20.5. The van der Waals surface area contributed by atoms with Crippen molar-refractivity contribution in [1.82, 2.24) is 0 Å². The number of halogens is 1. The number of hydrogen-bond donors (Lipinski definition) is 0. The fourth-order valence-corrected chi connectivity index (χ4v) is 6.43. The van der Waals surface area contributed by atoms with Gasteiger partial charge in [0.2, 0.25) is 11.5 Å². The van der Waals surface area contributed by atoms with Crippen LogP contribution in [-0.2, 0) is 21.7 Å². The van der Waals surface area contributed by atoms with Gasteiger partial charge in [-0.1, -0.05) is 54.6 Å². The van der Waals surface area contributed by atoms with Gasteiger partial charge in [-0.3, -0.25) is 9.59 Å². The molecule has 0 saturated carbocycles. The molecule has 0 amide bonds. The molecule has 2 heterocycles. The third kappa shape index (κ3) is 6.52. The van der Waals surface area contributed by atoms with Gasteiger partial charge in [0.05, 0.1) is 23.5 Å². The highest BCUT2D eigenvalue weighted by atomic mass is 79.9. The van der Waals surface area contributed by atoms with Crippen LogP contribution in [0.5, 0.6) is 0 Å². The minimum Gasteiger partial charge on any atom is -1.00 e. The SMILES string of the molecule is CCOC(=O)Cc1c(C(=O)c2ccccc2)sc(SCc2ccccc2C)c1-[n+]1ccc(C)cc1.[Br-]. The molecule has 0 atom stereocenters. The van der Waals surface area contributed by atoms with Crippen molar-refractivity contribution in [3.63, 3.8) is 0 Å². The van der Waals surface area contributed by atoms with Crippen molar-refractivity contribution in [2.45, 2.75) is 37.2 Å². The van der Waals surface area contributed by atoms with E-state index in [-0.39, 0.29) is 35.2 Å². The van der Waals surface area contributed by atoms with E-state index in [2.05, 4.69) is 19.1 Å². The van der Waals surface area contributed by atoms with E-state index in [1.165, 1.54) is 22.5 Å². The van der Waals surface area contributed by atoms with Gasteiger partial charge in [-0.25, -0.2) is 0 Å². The Labute approximate surface area is 231 Å². The average Bonchev–Trinajstić information content (AvgIpc) is 3.22. The van der Waals surface area contributed by atoms with Crippen molar-refractivity contribution in [3.8, 4) is 5.69 Å². The molecular weight excluding hydrogens is 554 g/mol. The molecule has 4 rings (SSSR count). The summed E-state index contributed by atoms with van der Waals surface area (Å²) in [5, 5.41) is 0. The molecular formula is C29H28BrNO3S2. The molecule has 186 valence electrons. The largest absolute Gasteiger partial charge is 1.00 e. The smallest absolute Gasteiger partial charge is 0.310 e. The number of rotatable bonds is 9. The molecule has 4 aromatic rings. The number of thioether (sulfide) groups is 1. The van der Waals surface area contributed by atoms with Crippen LogP contribution in [0, 0.1) is 13.8 Å². The molecule has 0 aliphatic rings. The van der Waals surface area contributed by atoms with Crippen molar-refractivity contribution < 1.29 is 35.9 Å². The van der Waals surface area contributed by atoms with E-state index in [1.807, 2.05) is 78.5 Å². The summed E-state index contributed by atoms with van der Waals surface area (Å²) in [4.78, 5) is 26.9. The van der Waals surface area contributed by atoms with Crippen LogP contribution >= 0.6 is 23.1 Å². The molecule has 0 bridgehead atoms. The van der Waals surface area contributed by atoms with Gasteiger partial charge in [0, 0.05) is 23.4 Å². The predicted octanol–water partition coefficient (Wildman–Crippen LogP) is 3.27. The van der Waals surface area contributed by atoms with Crippen LogP contribution in [0.25, 0.3) is 5.69 Å². The maximum atomic E-state index is 13.6. The predicted molar refractivity (Wildman–Crippen MR) is 142 cm³/mol. The number of aromatic nitrogens is 1. The highest BCUT2D eigenvalue weighted by Crippen LogP contribution is 2.40. The van der Waals surface area contributed by atoms with Crippen LogP contribution in [0.3, 0.4) is 0 Å². The Hall–Kier alpha value is -2.74. The van der Waals surface area contributed by atoms with Crippen molar-refractivity contribution in [2.24, 2.45) is 0 Å². The molecule has 0 spiro atoms. The third-order valence-electron chi connectivity index (χ3n) is 5.69. The molecule has 0 fully saturated rings. The molecule has 0 saturated heterocycles. The molecule has 7 heteroatoms. The Balaban J connectivity index is 0.00000361. The molecule has 0 aliphatic heterocycles. The van der Waals surface area contributed by atoms with E-state index < -0.39 is 0 Å². The first kappa shape index (κ1) is 27.8. The molecule has 0 aliphatic carbocycles. The number of carbonyl (C=O) groups is 2. The summed E-state index contributed by atoms with van der Waals surface area (Å²) >= 11 is 3.15. The van der Waals surface area contributed by atoms with Gasteiger partial charge in [-0.2, -0.15) is 4.57 Å². The van der Waals surface area contributed by atoms with Crippen LogP contribution in [0.15, 0.2) is 83.3 Å². The van der Waals surface area contributed by atoms with Gasteiger partial charge in [0.15, 0.2) is 12.4 Å². The lowest BCUT2D eigenvalue weighted by molar-refractivity contribution is -0.598. The van der Waals surface area contributed by atoms with Crippen molar-refractivity contribution >= 4 is 34.9 Å². The number of esters is 1. The van der Waals surface area contributed by atoms with Crippen LogP contribution in [-0.4, -0.2) is 18.4 Å². The first-order valence-electron chi connectivity index (χ1n) is 11.5. The number of pyridine rings is 1. The summed E-state index contributed by atoms with van der Waals surface area (Å²) < 4.78 is 8.30. The second kappa shape index (κ2) is 13.0. The molecule has 2 aromatic carbocycles. The van der Waals surface area contributed by atoms with E-state index in [0.29, 0.717) is 22.6 Å². The highest BCUT2D eigenvalue weighted by Gasteiger charge is 2.31. The van der Waals surface area contributed by atoms with Gasteiger partial charge in [-0.15, -0.1) is 23.1 Å². The van der Waals surface area contributed by atoms with Crippen LogP contribution in [0.4, 0.5) is 0 Å². The van der Waals surface area contributed by atoms with E-state index in [1.54, 1.807) is 18.7 Å². The Morgan fingerprint density at radius 3 is 2.28 bits per heavy atom. The minimum absolute atomic E-state index is 0. The number of hydrogen-bond acceptors (Lipinski definition) is 5. The monoisotopic (exact) mass is 581 g/mol. The third-order valence-corrected chi connectivity index (χ3v) is 8.22. The first-order chi connectivity index (χ1) is 17.0. The fraction of sp³-hybridized carbons (Fsp3) is 0.207. The summed E-state index contributed by atoms with van der Waals surface area (Å²) in [5.41, 5.74) is 5.80. The summed E-state index contributed by atoms with van der Waals surface area (Å²) in [6, 6.07) is 21.6. The van der Waals surface area contributed by atoms with Crippen LogP contribution in [0.1, 0.15) is 44.4 Å². The molecule has 36 heavy (non-hydrogen) atoms. The van der Waals surface area contributed by atoms with E-state index in [4.69, 9.17) is 4.74 Å². The van der Waals surface area contributed by atoms with E-state index >= 15 is 0 Å². The maximum absolute atomic E-state index is 13.6. The number of thiophene rings is 1. The Bertz CT molecular complexity index is 1330. The lowest BCUT2D eigenvalue weighted by atomic mass is 10.0. The topological polar surface area (TPSA) is 47.3 Å². The molecule has 0 N–H and O–H groups in total. The maximum Gasteiger partial charge on any atom is 0.310 e. The molecule has 4 nitrogen and oxygen atoms in total. The van der Waals surface area contributed by atoms with Gasteiger partial charge in [0.1, 0.15) is 4.21 Å². The average molecular weight is 583 g/mol. The van der Waals surface area contributed by atoms with Crippen molar-refractivity contribution in [1.29, 1.82) is 0 Å². The number of aryl methyl sites for hydroxylation is 2. The zero-order chi connectivity index (χ0) is 24.8. The Morgan fingerprint density at radius 1 is 0.944 bits per heavy atom. The summed E-state index contributed by atoms with van der Waals surface area (Å²) in [6.07, 6.45) is 4.01. The van der Waals surface area contributed by atoms with E-state index in [9.17, 15) is 9.59 Å². The molecule has 2 aromatic heterocycles. The lowest BCUT2D eigenvalue weighted by Crippen LogP contribution is -3.00. The quantitative estimate of drug-likeness (QED) is 0.132. The van der Waals surface area contributed by atoms with Crippen LogP contribution in [0.2, 0.25) is 0 Å². The molecule has 0 radical (unpaired) electrons. The number of ketones is 1. The minimum atomic E-state index is -0.336. The lowest BCUT2D eigenvalue weighted by Gasteiger charge is -2.06. The number of benzene rings is 2. The Morgan fingerprint density at radius 2 is 1.61 bits per heavy atom.